The maximum atomic E-state index is 5.28. The number of rotatable bonds is 2. The topological polar surface area (TPSA) is 27.2 Å². The van der Waals surface area contributed by atoms with Crippen molar-refractivity contribution in [2.75, 3.05) is 0 Å². The average molecular weight is 499 g/mol. The summed E-state index contributed by atoms with van der Waals surface area (Å²) in [5.74, 6) is 0. The van der Waals surface area contributed by atoms with Crippen LogP contribution in [-0.4, -0.2) is 18.5 Å². The van der Waals surface area contributed by atoms with E-state index >= 15 is 0 Å². The molecule has 9 rings (SSSR count). The first-order valence-electron chi connectivity index (χ1n) is 13.3. The number of para-hydroxylation sites is 6. The number of hydrogen-bond acceptors (Lipinski definition) is 1. The molecule has 39 heavy (non-hydrogen) atoms. The molecule has 0 bridgehead atoms. The van der Waals surface area contributed by atoms with Crippen LogP contribution in [0.2, 0.25) is 0 Å². The molecule has 4 heterocycles. The summed E-state index contributed by atoms with van der Waals surface area (Å²) in [7, 11) is 0. The molecule has 9 aromatic rings. The van der Waals surface area contributed by atoms with Crippen molar-refractivity contribution in [3.63, 3.8) is 0 Å². The Labute approximate surface area is 223 Å². The lowest BCUT2D eigenvalue weighted by atomic mass is 10.1. The van der Waals surface area contributed by atoms with Gasteiger partial charge in [0, 0.05) is 22.1 Å². The van der Waals surface area contributed by atoms with Crippen LogP contribution in [0.1, 0.15) is 0 Å². The molecular formula is C35H22N4. The third-order valence-corrected chi connectivity index (χ3v) is 7.98. The first kappa shape index (κ1) is 20.7. The molecule has 182 valence electrons. The van der Waals surface area contributed by atoms with Gasteiger partial charge in [-0.3, -0.25) is 4.40 Å². The molecule has 0 saturated heterocycles. The number of fused-ring (bicyclic) bond motifs is 12. The zero-order chi connectivity index (χ0) is 25.5. The van der Waals surface area contributed by atoms with E-state index in [-0.39, 0.29) is 0 Å². The Balaban J connectivity index is 1.71. The van der Waals surface area contributed by atoms with Crippen molar-refractivity contribution in [1.82, 2.24) is 18.5 Å². The molecule has 4 aromatic heterocycles. The Hall–Kier alpha value is -5.35. The van der Waals surface area contributed by atoms with Gasteiger partial charge in [-0.2, -0.15) is 0 Å². The number of pyridine rings is 1. The zero-order valence-electron chi connectivity index (χ0n) is 21.0. The molecule has 0 amide bonds. The highest BCUT2D eigenvalue weighted by Crippen LogP contribution is 2.44. The van der Waals surface area contributed by atoms with Gasteiger partial charge in [-0.05, 0) is 48.5 Å². The summed E-state index contributed by atoms with van der Waals surface area (Å²) in [5, 5.41) is 3.57. The van der Waals surface area contributed by atoms with E-state index in [1.165, 1.54) is 38.4 Å². The lowest BCUT2D eigenvalue weighted by Gasteiger charge is -2.13. The van der Waals surface area contributed by atoms with Crippen molar-refractivity contribution < 1.29 is 0 Å². The minimum atomic E-state index is 0.987. The number of imidazole rings is 1. The van der Waals surface area contributed by atoms with E-state index in [9.17, 15) is 0 Å². The molecular weight excluding hydrogens is 476 g/mol. The summed E-state index contributed by atoms with van der Waals surface area (Å²) in [6.45, 7) is 0. The zero-order valence-corrected chi connectivity index (χ0v) is 21.0. The Morgan fingerprint density at radius 1 is 0.410 bits per heavy atom. The number of benzene rings is 5. The SMILES string of the molecule is c1ccc(-n2c3ccccc3c3c2c2c(c4ccccc4n2-c2ccccc2)n2c4ccccc4nc32)cc1. The van der Waals surface area contributed by atoms with E-state index < -0.39 is 0 Å². The normalized spacial score (nSPS) is 12.1. The van der Waals surface area contributed by atoms with E-state index in [1.807, 2.05) is 0 Å². The van der Waals surface area contributed by atoms with Crippen LogP contribution < -0.4 is 0 Å². The van der Waals surface area contributed by atoms with Crippen molar-refractivity contribution >= 4 is 60.4 Å². The van der Waals surface area contributed by atoms with Gasteiger partial charge in [0.05, 0.1) is 44.0 Å². The van der Waals surface area contributed by atoms with Crippen molar-refractivity contribution in [2.45, 2.75) is 0 Å². The third-order valence-electron chi connectivity index (χ3n) is 7.98. The Morgan fingerprint density at radius 3 is 1.62 bits per heavy atom. The summed E-state index contributed by atoms with van der Waals surface area (Å²) < 4.78 is 7.24. The fourth-order valence-corrected chi connectivity index (χ4v) is 6.47. The largest absolute Gasteiger partial charge is 0.307 e. The molecule has 0 aliphatic rings. The standard InChI is InChI=1S/C35H22N4/c1-3-13-23(14-4-1)37-28-20-10-7-17-25(28)31-33(37)34-32(39-30-22-12-9-19-27(30)36-35(31)39)26-18-8-11-21-29(26)38(34)24-15-5-2-6-16-24/h1-22H. The number of aromatic nitrogens is 4. The van der Waals surface area contributed by atoms with Crippen molar-refractivity contribution in [3.05, 3.63) is 133 Å². The van der Waals surface area contributed by atoms with Gasteiger partial charge >= 0.3 is 0 Å². The van der Waals surface area contributed by atoms with Crippen LogP contribution >= 0.6 is 0 Å². The van der Waals surface area contributed by atoms with E-state index in [1.54, 1.807) is 0 Å². The van der Waals surface area contributed by atoms with Crippen LogP contribution in [0.15, 0.2) is 133 Å². The predicted molar refractivity (Wildman–Crippen MR) is 161 cm³/mol. The van der Waals surface area contributed by atoms with Gasteiger partial charge in [0.1, 0.15) is 5.65 Å². The molecule has 0 atom stereocenters. The van der Waals surface area contributed by atoms with Crippen LogP contribution in [0.3, 0.4) is 0 Å². The van der Waals surface area contributed by atoms with E-state index in [0.29, 0.717) is 0 Å². The van der Waals surface area contributed by atoms with E-state index in [2.05, 4.69) is 147 Å². The summed E-state index contributed by atoms with van der Waals surface area (Å²) in [6.07, 6.45) is 0. The van der Waals surface area contributed by atoms with Gasteiger partial charge in [-0.1, -0.05) is 84.9 Å². The second-order valence-electron chi connectivity index (χ2n) is 10.1. The summed E-state index contributed by atoms with van der Waals surface area (Å²) in [5.41, 5.74) is 11.2. The molecule has 0 fully saturated rings. The Kier molecular flexibility index (Phi) is 4.02. The molecule has 0 aliphatic carbocycles. The van der Waals surface area contributed by atoms with Gasteiger partial charge in [-0.25, -0.2) is 4.98 Å². The van der Waals surface area contributed by atoms with E-state index in [0.717, 1.165) is 33.4 Å². The molecule has 0 unspecified atom stereocenters. The average Bonchev–Trinajstić information content (AvgIpc) is 3.66. The van der Waals surface area contributed by atoms with Crippen molar-refractivity contribution in [3.8, 4) is 11.4 Å². The van der Waals surface area contributed by atoms with Crippen molar-refractivity contribution in [2.24, 2.45) is 0 Å². The molecule has 0 aliphatic heterocycles. The fraction of sp³-hybridized carbons (Fsp3) is 0. The highest BCUT2D eigenvalue weighted by Gasteiger charge is 2.26. The minimum absolute atomic E-state index is 0.987. The van der Waals surface area contributed by atoms with Crippen LogP contribution in [0, 0.1) is 0 Å². The molecule has 5 aromatic carbocycles. The molecule has 4 heteroatoms. The maximum absolute atomic E-state index is 5.28. The summed E-state index contributed by atoms with van der Waals surface area (Å²) in [4.78, 5) is 5.28. The maximum Gasteiger partial charge on any atom is 0.148 e. The lowest BCUT2D eigenvalue weighted by molar-refractivity contribution is 1.14. The highest BCUT2D eigenvalue weighted by atomic mass is 15.1. The Bertz CT molecular complexity index is 2370. The predicted octanol–water partition coefficient (Wildman–Crippen LogP) is 8.68. The molecule has 0 spiro atoms. The number of hydrogen-bond donors (Lipinski definition) is 0. The fourth-order valence-electron chi connectivity index (χ4n) is 6.47. The third kappa shape index (κ3) is 2.65. The highest BCUT2D eigenvalue weighted by molar-refractivity contribution is 6.27. The van der Waals surface area contributed by atoms with Crippen LogP contribution in [0.4, 0.5) is 0 Å². The molecule has 0 saturated carbocycles. The Morgan fingerprint density at radius 2 is 0.923 bits per heavy atom. The molecule has 0 radical (unpaired) electrons. The summed E-state index contributed by atoms with van der Waals surface area (Å²) in [6, 6.07) is 47.3. The van der Waals surface area contributed by atoms with Gasteiger partial charge in [0.2, 0.25) is 0 Å². The van der Waals surface area contributed by atoms with Crippen molar-refractivity contribution in [1.29, 1.82) is 0 Å². The second-order valence-corrected chi connectivity index (χ2v) is 10.1. The smallest absolute Gasteiger partial charge is 0.148 e. The van der Waals surface area contributed by atoms with Crippen LogP contribution in [0.25, 0.3) is 71.8 Å². The first-order valence-corrected chi connectivity index (χ1v) is 13.3. The van der Waals surface area contributed by atoms with Gasteiger partial charge in [0.15, 0.2) is 0 Å². The molecule has 4 nitrogen and oxygen atoms in total. The van der Waals surface area contributed by atoms with Gasteiger partial charge < -0.3 is 9.13 Å². The van der Waals surface area contributed by atoms with Crippen LogP contribution in [-0.2, 0) is 0 Å². The van der Waals surface area contributed by atoms with Gasteiger partial charge in [0.25, 0.3) is 0 Å². The van der Waals surface area contributed by atoms with Gasteiger partial charge in [-0.15, -0.1) is 0 Å². The van der Waals surface area contributed by atoms with Crippen LogP contribution in [0.5, 0.6) is 0 Å². The van der Waals surface area contributed by atoms with E-state index in [4.69, 9.17) is 4.98 Å². The monoisotopic (exact) mass is 498 g/mol. The quantitative estimate of drug-likeness (QED) is 0.234. The minimum Gasteiger partial charge on any atom is -0.307 e. The second kappa shape index (κ2) is 7.59. The molecule has 0 N–H and O–H groups in total. The summed E-state index contributed by atoms with van der Waals surface area (Å²) >= 11 is 0. The lowest BCUT2D eigenvalue weighted by Crippen LogP contribution is -2.00. The first-order chi connectivity index (χ1) is 19.4. The number of nitrogens with zero attached hydrogens (tertiary/aromatic N) is 4.